The Labute approximate surface area is 165 Å². The molecule has 4 rings (SSSR count). The van der Waals surface area contributed by atoms with Crippen LogP contribution < -0.4 is 4.74 Å². The number of aliphatic hydroxyl groups is 1. The molecule has 2 aromatic rings. The van der Waals surface area contributed by atoms with E-state index in [9.17, 15) is 18.3 Å². The van der Waals surface area contributed by atoms with Gasteiger partial charge in [0.05, 0.1) is 18.3 Å². The summed E-state index contributed by atoms with van der Waals surface area (Å²) < 4.78 is 43.0. The van der Waals surface area contributed by atoms with Crippen molar-refractivity contribution in [3.05, 3.63) is 53.9 Å². The van der Waals surface area contributed by atoms with Crippen LogP contribution in [-0.4, -0.2) is 44.5 Å². The Morgan fingerprint density at radius 2 is 1.93 bits per heavy atom. The number of aliphatic hydroxyl groups excluding tert-OH is 1. The van der Waals surface area contributed by atoms with Gasteiger partial charge in [-0.2, -0.15) is 5.10 Å². The molecule has 1 saturated carbocycles. The van der Waals surface area contributed by atoms with E-state index in [0.717, 1.165) is 29.7 Å². The Morgan fingerprint density at radius 1 is 1.17 bits per heavy atom. The van der Waals surface area contributed by atoms with Crippen molar-refractivity contribution in [3.63, 3.8) is 0 Å². The number of ether oxygens (including phenoxy) is 1. The van der Waals surface area contributed by atoms with Gasteiger partial charge in [-0.05, 0) is 55.2 Å². The number of alkyl halides is 3. The molecule has 3 atom stereocenters. The number of hydrogen-bond acceptors (Lipinski definition) is 5. The van der Waals surface area contributed by atoms with E-state index in [1.165, 1.54) is 12.1 Å². The van der Waals surface area contributed by atoms with E-state index in [-0.39, 0.29) is 18.0 Å². The van der Waals surface area contributed by atoms with Gasteiger partial charge >= 0.3 is 6.36 Å². The molecule has 1 unspecified atom stereocenters. The maximum absolute atomic E-state index is 12.5. The third-order valence-corrected chi connectivity index (χ3v) is 5.21. The number of hydrogen-bond donors (Lipinski definition) is 1. The number of aromatic nitrogens is 2. The van der Waals surface area contributed by atoms with Crippen molar-refractivity contribution in [2.24, 2.45) is 12.0 Å². The molecule has 1 aromatic carbocycles. The summed E-state index contributed by atoms with van der Waals surface area (Å²) in [4.78, 5) is 6.65. The SMILES string of the molecule is Cn1cc(C2N=CC=C(c3ccc(OC(F)(F)F)cc3)N2[C@@H]2CCC[C@@H]2O)cn1. The van der Waals surface area contributed by atoms with Crippen molar-refractivity contribution >= 4 is 11.9 Å². The zero-order chi connectivity index (χ0) is 20.6. The summed E-state index contributed by atoms with van der Waals surface area (Å²) in [5, 5.41) is 14.8. The lowest BCUT2D eigenvalue weighted by Gasteiger charge is -2.40. The average molecular weight is 406 g/mol. The zero-order valence-electron chi connectivity index (χ0n) is 15.8. The van der Waals surface area contributed by atoms with Gasteiger partial charge in [0.25, 0.3) is 0 Å². The normalized spacial score (nSPS) is 24.7. The van der Waals surface area contributed by atoms with Crippen LogP contribution in [0, 0.1) is 0 Å². The fraction of sp³-hybridized carbons (Fsp3) is 0.400. The minimum Gasteiger partial charge on any atom is -0.406 e. The topological polar surface area (TPSA) is 62.9 Å². The molecule has 6 nitrogen and oxygen atoms in total. The first-order chi connectivity index (χ1) is 13.8. The minimum atomic E-state index is -4.73. The van der Waals surface area contributed by atoms with Crippen LogP contribution >= 0.6 is 0 Å². The van der Waals surface area contributed by atoms with Crippen molar-refractivity contribution in [1.82, 2.24) is 14.7 Å². The van der Waals surface area contributed by atoms with Crippen molar-refractivity contribution in [2.45, 2.75) is 43.9 Å². The molecule has 2 aliphatic rings. The summed E-state index contributed by atoms with van der Waals surface area (Å²) in [7, 11) is 1.82. The Kier molecular flexibility index (Phi) is 5.08. The van der Waals surface area contributed by atoms with E-state index in [1.54, 1.807) is 29.2 Å². The summed E-state index contributed by atoms with van der Waals surface area (Å²) in [6.45, 7) is 0. The smallest absolute Gasteiger partial charge is 0.406 e. The van der Waals surface area contributed by atoms with Gasteiger partial charge < -0.3 is 14.7 Å². The van der Waals surface area contributed by atoms with Gasteiger partial charge in [0.15, 0.2) is 6.17 Å². The number of allylic oxidation sites excluding steroid dienone is 1. The second kappa shape index (κ2) is 7.55. The lowest BCUT2D eigenvalue weighted by Crippen LogP contribution is -2.42. The predicted molar refractivity (Wildman–Crippen MR) is 101 cm³/mol. The highest BCUT2D eigenvalue weighted by Crippen LogP contribution is 2.40. The minimum absolute atomic E-state index is 0.144. The van der Waals surface area contributed by atoms with Gasteiger partial charge in [0, 0.05) is 30.7 Å². The molecule has 1 N–H and O–H groups in total. The van der Waals surface area contributed by atoms with E-state index in [0.29, 0.717) is 6.42 Å². The first kappa shape index (κ1) is 19.5. The second-order valence-corrected chi connectivity index (χ2v) is 7.22. The predicted octanol–water partition coefficient (Wildman–Crippen LogP) is 3.66. The molecule has 0 spiro atoms. The number of nitrogens with zero attached hydrogens (tertiary/aromatic N) is 4. The van der Waals surface area contributed by atoms with Gasteiger partial charge in [-0.25, -0.2) is 0 Å². The number of aryl methyl sites for hydroxylation is 1. The maximum Gasteiger partial charge on any atom is 0.573 e. The maximum atomic E-state index is 12.5. The molecule has 154 valence electrons. The molecular formula is C20H21F3N4O2. The quantitative estimate of drug-likeness (QED) is 0.842. The molecule has 0 saturated heterocycles. The monoisotopic (exact) mass is 406 g/mol. The fourth-order valence-corrected chi connectivity index (χ4v) is 3.98. The summed E-state index contributed by atoms with van der Waals surface area (Å²) in [6, 6.07) is 5.60. The van der Waals surface area contributed by atoms with Crippen LogP contribution in [0.4, 0.5) is 13.2 Å². The van der Waals surface area contributed by atoms with Crippen molar-refractivity contribution < 1.29 is 23.0 Å². The Bertz CT molecular complexity index is 921. The highest BCUT2D eigenvalue weighted by atomic mass is 19.4. The largest absolute Gasteiger partial charge is 0.573 e. The van der Waals surface area contributed by atoms with E-state index in [2.05, 4.69) is 14.8 Å². The molecule has 1 aromatic heterocycles. The second-order valence-electron chi connectivity index (χ2n) is 7.22. The van der Waals surface area contributed by atoms with Crippen LogP contribution in [0.3, 0.4) is 0 Å². The summed E-state index contributed by atoms with van der Waals surface area (Å²) in [5.41, 5.74) is 2.39. The molecule has 0 bridgehead atoms. The van der Waals surface area contributed by atoms with Gasteiger partial charge in [-0.3, -0.25) is 9.67 Å². The lowest BCUT2D eigenvalue weighted by atomic mass is 10.0. The molecule has 1 fully saturated rings. The van der Waals surface area contributed by atoms with Crippen molar-refractivity contribution in [1.29, 1.82) is 0 Å². The first-order valence-corrected chi connectivity index (χ1v) is 9.36. The summed E-state index contributed by atoms with van der Waals surface area (Å²) >= 11 is 0. The fourth-order valence-electron chi connectivity index (χ4n) is 3.98. The van der Waals surface area contributed by atoms with Crippen LogP contribution in [0.2, 0.25) is 0 Å². The zero-order valence-corrected chi connectivity index (χ0v) is 15.8. The van der Waals surface area contributed by atoms with E-state index in [4.69, 9.17) is 0 Å². The number of halogens is 3. The third kappa shape index (κ3) is 4.14. The van der Waals surface area contributed by atoms with Gasteiger partial charge in [-0.1, -0.05) is 0 Å². The van der Waals surface area contributed by atoms with E-state index >= 15 is 0 Å². The molecule has 1 aliphatic carbocycles. The van der Waals surface area contributed by atoms with Crippen LogP contribution in [-0.2, 0) is 7.05 Å². The van der Waals surface area contributed by atoms with Gasteiger partial charge in [-0.15, -0.1) is 13.2 Å². The lowest BCUT2D eigenvalue weighted by molar-refractivity contribution is -0.274. The van der Waals surface area contributed by atoms with Crippen LogP contribution in [0.25, 0.3) is 5.70 Å². The van der Waals surface area contributed by atoms with Crippen molar-refractivity contribution in [3.8, 4) is 5.75 Å². The van der Waals surface area contributed by atoms with Crippen molar-refractivity contribution in [2.75, 3.05) is 0 Å². The Hall–Kier alpha value is -2.81. The molecule has 2 heterocycles. The third-order valence-electron chi connectivity index (χ3n) is 5.21. The van der Waals surface area contributed by atoms with Crippen LogP contribution in [0.15, 0.2) is 47.7 Å². The summed E-state index contributed by atoms with van der Waals surface area (Å²) in [5.74, 6) is -0.275. The van der Waals surface area contributed by atoms with Gasteiger partial charge in [0.1, 0.15) is 5.75 Å². The Morgan fingerprint density at radius 3 is 2.52 bits per heavy atom. The van der Waals surface area contributed by atoms with Crippen LogP contribution in [0.5, 0.6) is 5.75 Å². The molecule has 9 heteroatoms. The van der Waals surface area contributed by atoms with Gasteiger partial charge in [0.2, 0.25) is 0 Å². The van der Waals surface area contributed by atoms with E-state index < -0.39 is 12.5 Å². The number of rotatable bonds is 4. The molecule has 29 heavy (non-hydrogen) atoms. The highest BCUT2D eigenvalue weighted by molar-refractivity contribution is 5.86. The first-order valence-electron chi connectivity index (χ1n) is 9.36. The van der Waals surface area contributed by atoms with Crippen LogP contribution in [0.1, 0.15) is 36.6 Å². The molecular weight excluding hydrogens is 385 g/mol. The molecule has 0 radical (unpaired) electrons. The summed E-state index contributed by atoms with van der Waals surface area (Å²) in [6.07, 6.45) is 3.92. The average Bonchev–Trinajstić information content (AvgIpc) is 3.28. The number of benzene rings is 1. The van der Waals surface area contributed by atoms with E-state index in [1.807, 2.05) is 24.2 Å². The highest BCUT2D eigenvalue weighted by Gasteiger charge is 2.38. The Balaban J connectivity index is 1.68. The number of aliphatic imine (C=N–C) groups is 1. The molecule has 0 amide bonds. The standard InChI is InChI=1S/C20H21F3N4O2/c1-26-12-14(11-25-26)19-24-10-9-16(27(19)17-3-2-4-18(17)28)13-5-7-15(8-6-13)29-20(21,22)23/h5-12,17-19,28H,2-4H2,1H3/t17-,18+,19?/m1/s1. The molecule has 1 aliphatic heterocycles.